The third-order valence-corrected chi connectivity index (χ3v) is 5.37. The van der Waals surface area contributed by atoms with Crippen molar-refractivity contribution in [3.05, 3.63) is 24.4 Å². The highest BCUT2D eigenvalue weighted by molar-refractivity contribution is 5.79. The molecule has 1 atom stereocenters. The monoisotopic (exact) mass is 354 g/mol. The summed E-state index contributed by atoms with van der Waals surface area (Å²) in [5.74, 6) is 2.85. The van der Waals surface area contributed by atoms with Crippen molar-refractivity contribution in [2.45, 2.75) is 52.0 Å². The fraction of sp³-hybridized carbons (Fsp3) is 0.632. The Morgan fingerprint density at radius 2 is 2.12 bits per heavy atom. The average Bonchev–Trinajstić information content (AvgIpc) is 3.44. The van der Waals surface area contributed by atoms with Gasteiger partial charge in [-0.2, -0.15) is 0 Å². The Kier molecular flexibility index (Phi) is 4.95. The maximum atomic E-state index is 13.1. The topological polar surface area (TPSA) is 76.8 Å². The summed E-state index contributed by atoms with van der Waals surface area (Å²) in [6, 6.07) is 0. The number of carbonyl (C=O) groups is 1. The van der Waals surface area contributed by atoms with Crippen molar-refractivity contribution in [2.75, 3.05) is 13.1 Å². The minimum Gasteiger partial charge on any atom is -0.342 e. The lowest BCUT2D eigenvalue weighted by Gasteiger charge is -2.26. The maximum absolute atomic E-state index is 13.1. The predicted molar refractivity (Wildman–Crippen MR) is 97.1 cm³/mol. The molecular weight excluding hydrogens is 328 g/mol. The highest BCUT2D eigenvalue weighted by Gasteiger charge is 2.31. The lowest BCUT2D eigenvalue weighted by atomic mass is 9.98. The molecule has 0 N–H and O–H groups in total. The summed E-state index contributed by atoms with van der Waals surface area (Å²) in [4.78, 5) is 23.7. The van der Waals surface area contributed by atoms with Gasteiger partial charge < -0.3 is 9.47 Å². The van der Waals surface area contributed by atoms with E-state index in [9.17, 15) is 4.79 Å². The van der Waals surface area contributed by atoms with Crippen molar-refractivity contribution in [3.8, 4) is 11.5 Å². The molecule has 0 bridgehead atoms. The van der Waals surface area contributed by atoms with E-state index in [-0.39, 0.29) is 5.92 Å². The lowest BCUT2D eigenvalue weighted by Crippen LogP contribution is -2.38. The van der Waals surface area contributed by atoms with Crippen molar-refractivity contribution in [1.29, 1.82) is 0 Å². The quantitative estimate of drug-likeness (QED) is 0.796. The number of aromatic nitrogens is 5. The fourth-order valence-corrected chi connectivity index (χ4v) is 3.77. The molecule has 1 aliphatic heterocycles. The summed E-state index contributed by atoms with van der Waals surface area (Å²) < 4.78 is 2.11. The Bertz CT molecular complexity index is 755. The van der Waals surface area contributed by atoms with Crippen LogP contribution >= 0.6 is 0 Å². The Balaban J connectivity index is 1.47. The first kappa shape index (κ1) is 17.1. The summed E-state index contributed by atoms with van der Waals surface area (Å²) in [6.45, 7) is 4.73. The van der Waals surface area contributed by atoms with Gasteiger partial charge in [-0.05, 0) is 38.0 Å². The molecule has 3 heterocycles. The van der Waals surface area contributed by atoms with Crippen molar-refractivity contribution in [1.82, 2.24) is 29.6 Å². The van der Waals surface area contributed by atoms with Crippen LogP contribution in [-0.4, -0.2) is 48.6 Å². The van der Waals surface area contributed by atoms with Gasteiger partial charge in [0, 0.05) is 44.4 Å². The molecule has 4 rings (SSSR count). The molecule has 26 heavy (non-hydrogen) atoms. The molecule has 2 aromatic rings. The van der Waals surface area contributed by atoms with Crippen LogP contribution in [0.25, 0.3) is 11.5 Å². The molecule has 0 aromatic carbocycles. The first-order chi connectivity index (χ1) is 12.8. The van der Waals surface area contributed by atoms with Gasteiger partial charge in [-0.25, -0.2) is 4.98 Å². The van der Waals surface area contributed by atoms with Gasteiger partial charge in [-0.3, -0.25) is 9.78 Å². The van der Waals surface area contributed by atoms with Crippen LogP contribution in [0.2, 0.25) is 0 Å². The second kappa shape index (κ2) is 7.51. The van der Waals surface area contributed by atoms with Crippen LogP contribution in [0.5, 0.6) is 0 Å². The van der Waals surface area contributed by atoms with Gasteiger partial charge >= 0.3 is 0 Å². The fourth-order valence-electron chi connectivity index (χ4n) is 3.77. The minimum absolute atomic E-state index is 0.0803. The zero-order chi connectivity index (χ0) is 17.9. The van der Waals surface area contributed by atoms with Gasteiger partial charge in [-0.1, -0.05) is 6.92 Å². The first-order valence-electron chi connectivity index (χ1n) is 9.73. The Hall–Kier alpha value is -2.31. The van der Waals surface area contributed by atoms with Gasteiger partial charge in [0.2, 0.25) is 5.91 Å². The summed E-state index contributed by atoms with van der Waals surface area (Å²) in [5, 5.41) is 8.65. The molecule has 2 aliphatic rings. The molecule has 7 heteroatoms. The molecule has 0 spiro atoms. The molecule has 1 fully saturated rings. The molecule has 1 unspecified atom stereocenters. The maximum Gasteiger partial charge on any atom is 0.225 e. The molecule has 0 saturated heterocycles. The van der Waals surface area contributed by atoms with E-state index in [4.69, 9.17) is 0 Å². The van der Waals surface area contributed by atoms with E-state index < -0.39 is 0 Å². The first-order valence-corrected chi connectivity index (χ1v) is 9.73. The Morgan fingerprint density at radius 1 is 1.23 bits per heavy atom. The molecule has 138 valence electrons. The van der Waals surface area contributed by atoms with Crippen molar-refractivity contribution >= 4 is 5.91 Å². The Labute approximate surface area is 153 Å². The summed E-state index contributed by atoms with van der Waals surface area (Å²) in [5.41, 5.74) is 0.734. The zero-order valence-corrected chi connectivity index (χ0v) is 15.3. The number of hydrogen-bond acceptors (Lipinski definition) is 5. The number of aryl methyl sites for hydroxylation is 1. The highest BCUT2D eigenvalue weighted by Crippen LogP contribution is 2.31. The predicted octanol–water partition coefficient (Wildman–Crippen LogP) is 2.34. The molecular formula is C19H26N6O. The summed E-state index contributed by atoms with van der Waals surface area (Å²) in [7, 11) is 0. The van der Waals surface area contributed by atoms with E-state index in [1.165, 1.54) is 12.8 Å². The van der Waals surface area contributed by atoms with Gasteiger partial charge in [0.05, 0.1) is 6.20 Å². The summed E-state index contributed by atoms with van der Waals surface area (Å²) in [6.07, 6.45) is 11.1. The number of hydrogen-bond donors (Lipinski definition) is 0. The minimum atomic E-state index is 0.0803. The Morgan fingerprint density at radius 3 is 2.85 bits per heavy atom. The van der Waals surface area contributed by atoms with E-state index >= 15 is 0 Å². The van der Waals surface area contributed by atoms with E-state index in [0.717, 1.165) is 68.6 Å². The van der Waals surface area contributed by atoms with Crippen LogP contribution in [0.1, 0.15) is 44.9 Å². The molecule has 1 aliphatic carbocycles. The highest BCUT2D eigenvalue weighted by atomic mass is 16.2. The normalized spacial score (nSPS) is 19.7. The average molecular weight is 354 g/mol. The number of rotatable bonds is 6. The second-order valence-electron chi connectivity index (χ2n) is 7.43. The third-order valence-electron chi connectivity index (χ3n) is 5.37. The van der Waals surface area contributed by atoms with Crippen LogP contribution in [0, 0.1) is 11.8 Å². The van der Waals surface area contributed by atoms with Crippen molar-refractivity contribution in [3.63, 3.8) is 0 Å². The van der Waals surface area contributed by atoms with Gasteiger partial charge in [0.15, 0.2) is 5.82 Å². The number of amides is 1. The van der Waals surface area contributed by atoms with Crippen LogP contribution < -0.4 is 0 Å². The largest absolute Gasteiger partial charge is 0.342 e. The molecule has 7 nitrogen and oxygen atoms in total. The summed E-state index contributed by atoms with van der Waals surface area (Å²) >= 11 is 0. The lowest BCUT2D eigenvalue weighted by molar-refractivity contribution is -0.136. The second-order valence-corrected chi connectivity index (χ2v) is 7.43. The van der Waals surface area contributed by atoms with Gasteiger partial charge in [-0.15, -0.1) is 10.2 Å². The smallest absolute Gasteiger partial charge is 0.225 e. The standard InChI is InChI=1S/C19H26N6O/c1-2-10-24(13-14-3-4-14)19(26)15-5-6-17-22-23-18(25(17)11-7-15)16-12-20-8-9-21-16/h8-9,12,14-15H,2-7,10-11,13H2,1H3. The number of carbonyl (C=O) groups excluding carboxylic acids is 1. The van der Waals surface area contributed by atoms with E-state index in [1.54, 1.807) is 18.6 Å². The van der Waals surface area contributed by atoms with Gasteiger partial charge in [0.1, 0.15) is 11.5 Å². The molecule has 2 aromatic heterocycles. The zero-order valence-electron chi connectivity index (χ0n) is 15.3. The number of nitrogens with zero attached hydrogens (tertiary/aromatic N) is 6. The van der Waals surface area contributed by atoms with Crippen LogP contribution in [0.15, 0.2) is 18.6 Å². The van der Waals surface area contributed by atoms with Gasteiger partial charge in [0.25, 0.3) is 0 Å². The van der Waals surface area contributed by atoms with Crippen molar-refractivity contribution < 1.29 is 4.79 Å². The molecule has 1 saturated carbocycles. The third kappa shape index (κ3) is 3.61. The van der Waals surface area contributed by atoms with E-state index in [2.05, 4.69) is 36.6 Å². The SMILES string of the molecule is CCCN(CC1CC1)C(=O)C1CCc2nnc(-c3cnccn3)n2CC1. The van der Waals surface area contributed by atoms with Crippen LogP contribution in [0.3, 0.4) is 0 Å². The molecule has 0 radical (unpaired) electrons. The van der Waals surface area contributed by atoms with E-state index in [0.29, 0.717) is 5.91 Å². The van der Waals surface area contributed by atoms with E-state index in [1.807, 2.05) is 0 Å². The molecule has 1 amide bonds. The van der Waals surface area contributed by atoms with Crippen LogP contribution in [0.4, 0.5) is 0 Å². The number of fused-ring (bicyclic) bond motifs is 1. The van der Waals surface area contributed by atoms with Crippen molar-refractivity contribution in [2.24, 2.45) is 11.8 Å². The van der Waals surface area contributed by atoms with Crippen LogP contribution in [-0.2, 0) is 17.8 Å².